The Morgan fingerprint density at radius 3 is 2.41 bits per heavy atom. The first-order chi connectivity index (χ1) is 8.08. The molecule has 0 saturated carbocycles. The highest BCUT2D eigenvalue weighted by Crippen LogP contribution is 2.24. The molecule has 2 nitrogen and oxygen atoms in total. The maximum Gasteiger partial charge on any atom is 0.0149 e. The number of nitrogens with one attached hydrogen (secondary N) is 1. The van der Waals surface area contributed by atoms with E-state index in [-0.39, 0.29) is 0 Å². The van der Waals surface area contributed by atoms with Crippen molar-refractivity contribution in [3.05, 3.63) is 0 Å². The first-order valence-electron chi connectivity index (χ1n) is 7.16. The van der Waals surface area contributed by atoms with E-state index in [2.05, 4.69) is 49.7 Å². The van der Waals surface area contributed by atoms with Crippen LogP contribution in [0.5, 0.6) is 0 Å². The molecule has 2 unspecified atom stereocenters. The molecule has 1 rings (SSSR count). The number of hydrogen-bond acceptors (Lipinski definition) is 3. The lowest BCUT2D eigenvalue weighted by molar-refractivity contribution is 0.270. The van der Waals surface area contributed by atoms with Crippen LogP contribution in [0.4, 0.5) is 0 Å². The van der Waals surface area contributed by atoms with Gasteiger partial charge >= 0.3 is 0 Å². The molecule has 1 saturated heterocycles. The van der Waals surface area contributed by atoms with Gasteiger partial charge in [0.05, 0.1) is 0 Å². The third-order valence-corrected chi connectivity index (χ3v) is 4.46. The Labute approximate surface area is 112 Å². The van der Waals surface area contributed by atoms with E-state index in [1.807, 2.05) is 0 Å². The summed E-state index contributed by atoms with van der Waals surface area (Å²) in [6.07, 6.45) is 2.67. The Balaban J connectivity index is 1.98. The number of nitrogens with zero attached hydrogens (tertiary/aromatic N) is 1. The lowest BCUT2D eigenvalue weighted by atomic mass is 10.1. The average molecular weight is 258 g/mol. The van der Waals surface area contributed by atoms with Crippen LogP contribution in [-0.4, -0.2) is 48.1 Å². The summed E-state index contributed by atoms with van der Waals surface area (Å²) < 4.78 is 0. The third-order valence-electron chi connectivity index (χ3n) is 3.24. The lowest BCUT2D eigenvalue weighted by Crippen LogP contribution is -2.43. The summed E-state index contributed by atoms with van der Waals surface area (Å²) in [5.41, 5.74) is 0. The summed E-state index contributed by atoms with van der Waals surface area (Å²) in [5, 5.41) is 5.18. The predicted molar refractivity (Wildman–Crippen MR) is 79.9 cm³/mol. The second-order valence-corrected chi connectivity index (χ2v) is 7.68. The van der Waals surface area contributed by atoms with E-state index in [1.54, 1.807) is 0 Å². The zero-order valence-electron chi connectivity index (χ0n) is 12.0. The first-order valence-corrected chi connectivity index (χ1v) is 8.10. The summed E-state index contributed by atoms with van der Waals surface area (Å²) in [4.78, 5) is 2.61. The van der Waals surface area contributed by atoms with Gasteiger partial charge in [0.1, 0.15) is 0 Å². The van der Waals surface area contributed by atoms with E-state index < -0.39 is 0 Å². The van der Waals surface area contributed by atoms with Gasteiger partial charge in [-0.3, -0.25) is 4.90 Å². The van der Waals surface area contributed by atoms with Gasteiger partial charge in [-0.2, -0.15) is 11.8 Å². The Hall–Kier alpha value is 0.270. The molecule has 1 N–H and O–H groups in total. The Kier molecular flexibility index (Phi) is 7.56. The molecule has 0 aromatic heterocycles. The standard InChI is InChI=1S/C14H30N2S/c1-12(2)6-5-7-15-8-9-16-10-13(3)17-14(4)11-16/h12-15H,5-11H2,1-4H3. The molecule has 1 aliphatic rings. The fourth-order valence-electron chi connectivity index (χ4n) is 2.46. The summed E-state index contributed by atoms with van der Waals surface area (Å²) >= 11 is 2.13. The van der Waals surface area contributed by atoms with Crippen molar-refractivity contribution in [3.8, 4) is 0 Å². The minimum atomic E-state index is 0.805. The largest absolute Gasteiger partial charge is 0.315 e. The lowest BCUT2D eigenvalue weighted by Gasteiger charge is -2.34. The molecule has 1 aliphatic heterocycles. The van der Waals surface area contributed by atoms with Crippen LogP contribution in [-0.2, 0) is 0 Å². The number of hydrogen-bond donors (Lipinski definition) is 1. The van der Waals surface area contributed by atoms with Crippen molar-refractivity contribution < 1.29 is 0 Å². The molecular formula is C14H30N2S. The Morgan fingerprint density at radius 1 is 1.18 bits per heavy atom. The van der Waals surface area contributed by atoms with Crippen LogP contribution in [0.1, 0.15) is 40.5 Å². The predicted octanol–water partition coefficient (Wildman–Crippen LogP) is 2.84. The maximum absolute atomic E-state index is 3.57. The molecule has 0 amide bonds. The zero-order valence-corrected chi connectivity index (χ0v) is 12.9. The normalized spacial score (nSPS) is 26.6. The van der Waals surface area contributed by atoms with Crippen molar-refractivity contribution >= 4 is 11.8 Å². The van der Waals surface area contributed by atoms with Gasteiger partial charge in [-0.25, -0.2) is 0 Å². The highest BCUT2D eigenvalue weighted by atomic mass is 32.2. The van der Waals surface area contributed by atoms with Crippen molar-refractivity contribution in [1.82, 2.24) is 10.2 Å². The van der Waals surface area contributed by atoms with Gasteiger partial charge in [-0.05, 0) is 25.3 Å². The van der Waals surface area contributed by atoms with E-state index in [1.165, 1.54) is 39.0 Å². The van der Waals surface area contributed by atoms with Gasteiger partial charge in [0.25, 0.3) is 0 Å². The van der Waals surface area contributed by atoms with Gasteiger partial charge < -0.3 is 5.32 Å². The van der Waals surface area contributed by atoms with E-state index >= 15 is 0 Å². The van der Waals surface area contributed by atoms with Crippen molar-refractivity contribution in [2.24, 2.45) is 5.92 Å². The molecule has 0 aromatic rings. The minimum Gasteiger partial charge on any atom is -0.315 e. The molecule has 0 radical (unpaired) electrons. The fraction of sp³-hybridized carbons (Fsp3) is 1.00. The van der Waals surface area contributed by atoms with Crippen LogP contribution >= 0.6 is 11.8 Å². The van der Waals surface area contributed by atoms with Gasteiger partial charge in [0.15, 0.2) is 0 Å². The fourth-order valence-corrected chi connectivity index (χ4v) is 3.85. The molecule has 1 fully saturated rings. The van der Waals surface area contributed by atoms with Crippen LogP contribution in [0.15, 0.2) is 0 Å². The first kappa shape index (κ1) is 15.3. The molecule has 0 aromatic carbocycles. The second kappa shape index (κ2) is 8.39. The van der Waals surface area contributed by atoms with Crippen molar-refractivity contribution in [2.45, 2.75) is 51.0 Å². The van der Waals surface area contributed by atoms with Gasteiger partial charge in [-0.15, -0.1) is 0 Å². The van der Waals surface area contributed by atoms with Crippen LogP contribution < -0.4 is 5.32 Å². The summed E-state index contributed by atoms with van der Waals surface area (Å²) in [6, 6.07) is 0. The van der Waals surface area contributed by atoms with E-state index in [9.17, 15) is 0 Å². The minimum absolute atomic E-state index is 0.805. The zero-order chi connectivity index (χ0) is 12.7. The summed E-state index contributed by atoms with van der Waals surface area (Å²) in [7, 11) is 0. The van der Waals surface area contributed by atoms with Crippen LogP contribution in [0.2, 0.25) is 0 Å². The third kappa shape index (κ3) is 7.32. The molecule has 102 valence electrons. The van der Waals surface area contributed by atoms with Gasteiger partial charge in [0.2, 0.25) is 0 Å². The van der Waals surface area contributed by atoms with Crippen molar-refractivity contribution in [2.75, 3.05) is 32.7 Å². The SMILES string of the molecule is CC(C)CCCNCCN1CC(C)SC(C)C1. The highest BCUT2D eigenvalue weighted by Gasteiger charge is 2.21. The molecule has 1 heterocycles. The quantitative estimate of drug-likeness (QED) is 0.707. The van der Waals surface area contributed by atoms with Gasteiger partial charge in [0, 0.05) is 36.7 Å². The van der Waals surface area contributed by atoms with Gasteiger partial charge in [-0.1, -0.05) is 27.7 Å². The molecule has 0 aliphatic carbocycles. The maximum atomic E-state index is 3.57. The van der Waals surface area contributed by atoms with Crippen LogP contribution in [0, 0.1) is 5.92 Å². The molecule has 0 spiro atoms. The molecule has 17 heavy (non-hydrogen) atoms. The average Bonchev–Trinajstić information content (AvgIpc) is 2.21. The monoisotopic (exact) mass is 258 g/mol. The topological polar surface area (TPSA) is 15.3 Å². The van der Waals surface area contributed by atoms with E-state index in [0.717, 1.165) is 23.0 Å². The molecule has 3 heteroatoms. The smallest absolute Gasteiger partial charge is 0.0149 e. The second-order valence-electron chi connectivity index (χ2n) is 5.80. The molecule has 2 atom stereocenters. The summed E-state index contributed by atoms with van der Waals surface area (Å²) in [5.74, 6) is 0.845. The van der Waals surface area contributed by atoms with Crippen molar-refractivity contribution in [3.63, 3.8) is 0 Å². The number of rotatable bonds is 7. The summed E-state index contributed by atoms with van der Waals surface area (Å²) in [6.45, 7) is 15.4. The molecule has 0 bridgehead atoms. The number of thioether (sulfide) groups is 1. The van der Waals surface area contributed by atoms with Crippen molar-refractivity contribution in [1.29, 1.82) is 0 Å². The Bertz CT molecular complexity index is 187. The Morgan fingerprint density at radius 2 is 1.82 bits per heavy atom. The van der Waals surface area contributed by atoms with Crippen LogP contribution in [0.3, 0.4) is 0 Å². The van der Waals surface area contributed by atoms with E-state index in [4.69, 9.17) is 0 Å². The van der Waals surface area contributed by atoms with E-state index in [0.29, 0.717) is 0 Å². The highest BCUT2D eigenvalue weighted by molar-refractivity contribution is 8.00. The van der Waals surface area contributed by atoms with Crippen LogP contribution in [0.25, 0.3) is 0 Å². The molecular weight excluding hydrogens is 228 g/mol.